The number of H-pyrrole nitrogens is 1. The Kier molecular flexibility index (Phi) is 4.55. The molecular formula is C20H21ClN4O. The number of aromatic nitrogens is 2. The topological polar surface area (TPSA) is 61.0 Å². The van der Waals surface area contributed by atoms with Crippen LogP contribution < -0.4 is 10.2 Å². The Morgan fingerprint density at radius 3 is 3.15 bits per heavy atom. The fourth-order valence-electron chi connectivity index (χ4n) is 3.63. The number of fused-ring (bicyclic) bond motifs is 1. The summed E-state index contributed by atoms with van der Waals surface area (Å²) in [6.45, 7) is 4.68. The van der Waals surface area contributed by atoms with Gasteiger partial charge in [-0.15, -0.1) is 0 Å². The average Bonchev–Trinajstić information content (AvgIpc) is 3.30. The molecule has 1 amide bonds. The van der Waals surface area contributed by atoms with Crippen LogP contribution in [0.1, 0.15) is 22.3 Å². The third-order valence-corrected chi connectivity index (χ3v) is 5.31. The highest BCUT2D eigenvalue weighted by atomic mass is 35.5. The molecule has 2 heterocycles. The highest BCUT2D eigenvalue weighted by Crippen LogP contribution is 2.29. The van der Waals surface area contributed by atoms with Crippen LogP contribution in [-0.2, 0) is 0 Å². The summed E-state index contributed by atoms with van der Waals surface area (Å²) in [6.07, 6.45) is 2.79. The molecule has 2 aromatic carbocycles. The van der Waals surface area contributed by atoms with E-state index >= 15 is 0 Å². The van der Waals surface area contributed by atoms with Crippen LogP contribution in [0, 0.1) is 12.8 Å². The lowest BCUT2D eigenvalue weighted by atomic mass is 10.1. The molecule has 0 spiro atoms. The van der Waals surface area contributed by atoms with Gasteiger partial charge in [-0.05, 0) is 43.0 Å². The van der Waals surface area contributed by atoms with Crippen molar-refractivity contribution in [3.8, 4) is 0 Å². The minimum absolute atomic E-state index is 0.0581. The number of aryl methyl sites for hydroxylation is 1. The number of anilines is 1. The van der Waals surface area contributed by atoms with Gasteiger partial charge in [-0.2, -0.15) is 5.10 Å². The lowest BCUT2D eigenvalue weighted by Crippen LogP contribution is -2.31. The first-order valence-electron chi connectivity index (χ1n) is 8.83. The Bertz CT molecular complexity index is 952. The number of amides is 1. The fraction of sp³-hybridized carbons (Fsp3) is 0.300. The van der Waals surface area contributed by atoms with Gasteiger partial charge < -0.3 is 10.2 Å². The molecule has 26 heavy (non-hydrogen) atoms. The lowest BCUT2D eigenvalue weighted by molar-refractivity contribution is 0.0949. The molecule has 2 N–H and O–H groups in total. The van der Waals surface area contributed by atoms with Crippen molar-refractivity contribution in [3.63, 3.8) is 0 Å². The molecule has 134 valence electrons. The summed E-state index contributed by atoms with van der Waals surface area (Å²) in [6, 6.07) is 11.6. The first kappa shape index (κ1) is 16.9. The summed E-state index contributed by atoms with van der Waals surface area (Å²) in [5.41, 5.74) is 3.84. The Balaban J connectivity index is 1.39. The molecule has 0 aliphatic carbocycles. The van der Waals surface area contributed by atoms with Crippen molar-refractivity contribution in [1.29, 1.82) is 0 Å². The summed E-state index contributed by atoms with van der Waals surface area (Å²) in [4.78, 5) is 14.9. The van der Waals surface area contributed by atoms with Gasteiger partial charge in [-0.3, -0.25) is 9.89 Å². The normalized spacial score (nSPS) is 17.0. The van der Waals surface area contributed by atoms with E-state index in [0.29, 0.717) is 18.0 Å². The van der Waals surface area contributed by atoms with Crippen LogP contribution in [-0.4, -0.2) is 35.7 Å². The molecule has 1 aliphatic heterocycles. The first-order chi connectivity index (χ1) is 12.6. The predicted molar refractivity (Wildman–Crippen MR) is 105 cm³/mol. The molecule has 1 aromatic heterocycles. The Morgan fingerprint density at radius 1 is 1.38 bits per heavy atom. The predicted octanol–water partition coefficient (Wildman–Crippen LogP) is 3.78. The maximum absolute atomic E-state index is 12.6. The summed E-state index contributed by atoms with van der Waals surface area (Å²) in [5, 5.41) is 11.7. The highest BCUT2D eigenvalue weighted by molar-refractivity contribution is 6.30. The van der Waals surface area contributed by atoms with E-state index in [2.05, 4.69) is 33.4 Å². The molecule has 6 heteroatoms. The maximum Gasteiger partial charge on any atom is 0.253 e. The smallest absolute Gasteiger partial charge is 0.253 e. The minimum atomic E-state index is -0.0581. The molecule has 1 saturated heterocycles. The summed E-state index contributed by atoms with van der Waals surface area (Å²) in [5.74, 6) is 0.371. The quantitative estimate of drug-likeness (QED) is 0.736. The summed E-state index contributed by atoms with van der Waals surface area (Å²) >= 11 is 6.15. The molecule has 5 nitrogen and oxygen atoms in total. The van der Waals surface area contributed by atoms with E-state index in [0.717, 1.165) is 35.4 Å². The first-order valence-corrected chi connectivity index (χ1v) is 9.21. The number of para-hydroxylation sites is 1. The van der Waals surface area contributed by atoms with Crippen LogP contribution in [0.4, 0.5) is 5.69 Å². The van der Waals surface area contributed by atoms with Crippen molar-refractivity contribution in [1.82, 2.24) is 15.5 Å². The second kappa shape index (κ2) is 7.00. The molecule has 4 rings (SSSR count). The van der Waals surface area contributed by atoms with E-state index in [1.165, 1.54) is 11.3 Å². The molecule has 0 bridgehead atoms. The number of carbonyl (C=O) groups excluding carboxylic acids is 1. The van der Waals surface area contributed by atoms with E-state index < -0.39 is 0 Å². The zero-order valence-corrected chi connectivity index (χ0v) is 15.4. The van der Waals surface area contributed by atoms with Gasteiger partial charge in [0, 0.05) is 35.7 Å². The van der Waals surface area contributed by atoms with Crippen molar-refractivity contribution in [3.05, 3.63) is 58.7 Å². The minimum Gasteiger partial charge on any atom is -0.371 e. The largest absolute Gasteiger partial charge is 0.371 e. The van der Waals surface area contributed by atoms with Crippen LogP contribution in [0.25, 0.3) is 10.9 Å². The number of rotatable bonds is 4. The molecule has 0 saturated carbocycles. The molecule has 1 aliphatic rings. The third kappa shape index (κ3) is 3.27. The Morgan fingerprint density at radius 2 is 2.27 bits per heavy atom. The highest BCUT2D eigenvalue weighted by Gasteiger charge is 2.24. The van der Waals surface area contributed by atoms with Gasteiger partial charge in [0.1, 0.15) is 0 Å². The van der Waals surface area contributed by atoms with Crippen LogP contribution in [0.2, 0.25) is 5.02 Å². The zero-order valence-electron chi connectivity index (χ0n) is 14.6. The van der Waals surface area contributed by atoms with Crippen molar-refractivity contribution in [2.24, 2.45) is 5.92 Å². The molecule has 0 radical (unpaired) electrons. The van der Waals surface area contributed by atoms with Crippen molar-refractivity contribution in [2.45, 2.75) is 13.3 Å². The van der Waals surface area contributed by atoms with Crippen LogP contribution in [0.3, 0.4) is 0 Å². The van der Waals surface area contributed by atoms with Gasteiger partial charge in [0.15, 0.2) is 0 Å². The zero-order chi connectivity index (χ0) is 18.1. The molecule has 1 unspecified atom stereocenters. The van der Waals surface area contributed by atoms with Crippen LogP contribution in [0.5, 0.6) is 0 Å². The lowest BCUT2D eigenvalue weighted by Gasteiger charge is -2.21. The van der Waals surface area contributed by atoms with Gasteiger partial charge in [-0.1, -0.05) is 29.8 Å². The van der Waals surface area contributed by atoms with E-state index in [-0.39, 0.29) is 5.91 Å². The van der Waals surface area contributed by atoms with Crippen LogP contribution in [0.15, 0.2) is 42.6 Å². The van der Waals surface area contributed by atoms with E-state index in [9.17, 15) is 4.79 Å². The standard InChI is InChI=1S/C20H21ClN4O/c1-13-5-6-16(21)9-18(13)25-8-7-14(12-25)10-22-20(26)17-4-2-3-15-11-23-24-19(15)17/h2-6,9,11,14H,7-8,10,12H2,1H3,(H,22,26)(H,23,24). The summed E-state index contributed by atoms with van der Waals surface area (Å²) in [7, 11) is 0. The monoisotopic (exact) mass is 368 g/mol. The number of nitrogens with one attached hydrogen (secondary N) is 2. The average molecular weight is 369 g/mol. The number of halogens is 1. The SMILES string of the molecule is Cc1ccc(Cl)cc1N1CCC(CNC(=O)c2cccc3cn[nH]c23)C1. The molecule has 3 aromatic rings. The van der Waals surface area contributed by atoms with Gasteiger partial charge in [0.25, 0.3) is 5.91 Å². The van der Waals surface area contributed by atoms with Gasteiger partial charge in [0.05, 0.1) is 17.3 Å². The second-order valence-corrected chi connectivity index (χ2v) is 7.32. The van der Waals surface area contributed by atoms with Gasteiger partial charge >= 0.3 is 0 Å². The Hall–Kier alpha value is -2.53. The molecule has 1 atom stereocenters. The molecular weight excluding hydrogens is 348 g/mol. The third-order valence-electron chi connectivity index (χ3n) is 5.07. The maximum atomic E-state index is 12.6. The molecule has 1 fully saturated rings. The van der Waals surface area contributed by atoms with E-state index in [1.807, 2.05) is 30.3 Å². The number of benzene rings is 2. The fourth-order valence-corrected chi connectivity index (χ4v) is 3.80. The second-order valence-electron chi connectivity index (χ2n) is 6.88. The van der Waals surface area contributed by atoms with Gasteiger partial charge in [-0.25, -0.2) is 0 Å². The van der Waals surface area contributed by atoms with E-state index in [4.69, 9.17) is 11.6 Å². The summed E-state index contributed by atoms with van der Waals surface area (Å²) < 4.78 is 0. The van der Waals surface area contributed by atoms with Gasteiger partial charge in [0.2, 0.25) is 0 Å². The Labute approximate surface area is 157 Å². The van der Waals surface area contributed by atoms with Crippen molar-refractivity contribution >= 4 is 34.1 Å². The number of hydrogen-bond acceptors (Lipinski definition) is 3. The van der Waals surface area contributed by atoms with Crippen molar-refractivity contribution in [2.75, 3.05) is 24.5 Å². The number of hydrogen-bond donors (Lipinski definition) is 2. The number of aromatic amines is 1. The van der Waals surface area contributed by atoms with Crippen molar-refractivity contribution < 1.29 is 4.79 Å². The number of carbonyl (C=O) groups is 1. The van der Waals surface area contributed by atoms with E-state index in [1.54, 1.807) is 6.20 Å². The number of nitrogens with zero attached hydrogens (tertiary/aromatic N) is 2. The van der Waals surface area contributed by atoms with Crippen LogP contribution >= 0.6 is 11.6 Å².